The Morgan fingerprint density at radius 1 is 1.11 bits per heavy atom. The van der Waals surface area contributed by atoms with Crippen LogP contribution >= 0.6 is 0 Å². The number of pyridine rings is 1. The number of benzene rings is 1. The first kappa shape index (κ1) is 13.7. The smallest absolute Gasteiger partial charge is 0.123 e. The fourth-order valence-corrected chi connectivity index (χ4v) is 2.26. The summed E-state index contributed by atoms with van der Waals surface area (Å²) in [7, 11) is 0. The Hall–Kier alpha value is -1.74. The molecule has 2 nitrogen and oxygen atoms in total. The van der Waals surface area contributed by atoms with Gasteiger partial charge in [0.25, 0.3) is 0 Å². The summed E-state index contributed by atoms with van der Waals surface area (Å²) in [4.78, 5) is 4.02. The molecule has 0 aliphatic rings. The Kier molecular flexibility index (Phi) is 5.04. The third-order valence-corrected chi connectivity index (χ3v) is 3.10. The number of halogens is 1. The summed E-state index contributed by atoms with van der Waals surface area (Å²) in [6.45, 7) is 3.00. The zero-order valence-corrected chi connectivity index (χ0v) is 11.1. The topological polar surface area (TPSA) is 24.9 Å². The zero-order valence-electron chi connectivity index (χ0n) is 11.1. The van der Waals surface area contributed by atoms with Crippen molar-refractivity contribution < 1.29 is 4.39 Å². The first-order valence-electron chi connectivity index (χ1n) is 6.64. The predicted molar refractivity (Wildman–Crippen MR) is 75.5 cm³/mol. The van der Waals surface area contributed by atoms with Crippen molar-refractivity contribution in [3.05, 3.63) is 65.7 Å². The number of nitrogens with one attached hydrogen (secondary N) is 1. The van der Waals surface area contributed by atoms with E-state index in [-0.39, 0.29) is 5.82 Å². The summed E-state index contributed by atoms with van der Waals surface area (Å²) in [5.74, 6) is -0.170. The van der Waals surface area contributed by atoms with Crippen molar-refractivity contribution in [2.45, 2.75) is 25.8 Å². The van der Waals surface area contributed by atoms with Gasteiger partial charge in [-0.1, -0.05) is 19.1 Å². The van der Waals surface area contributed by atoms with Gasteiger partial charge < -0.3 is 5.32 Å². The minimum absolute atomic E-state index is 0.170. The van der Waals surface area contributed by atoms with E-state index in [0.29, 0.717) is 6.04 Å². The molecule has 0 saturated heterocycles. The maximum atomic E-state index is 13.2. The molecule has 0 bridgehead atoms. The van der Waals surface area contributed by atoms with Gasteiger partial charge in [0.15, 0.2) is 0 Å². The molecule has 0 aliphatic carbocycles. The van der Waals surface area contributed by atoms with E-state index in [1.807, 2.05) is 18.2 Å². The van der Waals surface area contributed by atoms with Gasteiger partial charge in [0.1, 0.15) is 5.82 Å². The van der Waals surface area contributed by atoms with E-state index in [1.165, 1.54) is 11.6 Å². The molecule has 0 radical (unpaired) electrons. The van der Waals surface area contributed by atoms with Crippen LogP contribution in [0.1, 0.15) is 18.1 Å². The van der Waals surface area contributed by atoms with Crippen LogP contribution in [0.25, 0.3) is 0 Å². The van der Waals surface area contributed by atoms with Crippen LogP contribution in [0.4, 0.5) is 4.39 Å². The molecule has 0 fully saturated rings. The van der Waals surface area contributed by atoms with E-state index in [0.717, 1.165) is 24.9 Å². The first-order chi connectivity index (χ1) is 9.28. The second kappa shape index (κ2) is 7.00. The maximum absolute atomic E-state index is 13.2. The van der Waals surface area contributed by atoms with Crippen LogP contribution in [0, 0.1) is 5.82 Å². The highest BCUT2D eigenvalue weighted by Crippen LogP contribution is 2.10. The predicted octanol–water partition coefficient (Wildman–Crippen LogP) is 2.98. The Morgan fingerprint density at radius 2 is 1.84 bits per heavy atom. The Morgan fingerprint density at radius 3 is 2.53 bits per heavy atom. The van der Waals surface area contributed by atoms with E-state index in [9.17, 15) is 4.39 Å². The van der Waals surface area contributed by atoms with Crippen molar-refractivity contribution in [1.82, 2.24) is 10.3 Å². The number of rotatable bonds is 6. The van der Waals surface area contributed by atoms with E-state index >= 15 is 0 Å². The second-order valence-electron chi connectivity index (χ2n) is 4.65. The van der Waals surface area contributed by atoms with Gasteiger partial charge in [-0.3, -0.25) is 4.98 Å². The van der Waals surface area contributed by atoms with Crippen molar-refractivity contribution in [1.29, 1.82) is 0 Å². The molecule has 0 saturated carbocycles. The van der Waals surface area contributed by atoms with E-state index < -0.39 is 0 Å². The highest BCUT2D eigenvalue weighted by Gasteiger charge is 2.09. The molecule has 1 heterocycles. The summed E-state index contributed by atoms with van der Waals surface area (Å²) < 4.78 is 13.2. The van der Waals surface area contributed by atoms with Crippen molar-refractivity contribution in [3.63, 3.8) is 0 Å². The second-order valence-corrected chi connectivity index (χ2v) is 4.65. The Balaban J connectivity index is 2.04. The van der Waals surface area contributed by atoms with Crippen molar-refractivity contribution in [3.8, 4) is 0 Å². The highest BCUT2D eigenvalue weighted by molar-refractivity contribution is 5.19. The summed E-state index contributed by atoms with van der Waals surface area (Å²) in [6, 6.07) is 11.2. The lowest BCUT2D eigenvalue weighted by Gasteiger charge is -2.18. The van der Waals surface area contributed by atoms with Crippen LogP contribution in [0.5, 0.6) is 0 Å². The average molecular weight is 258 g/mol. The van der Waals surface area contributed by atoms with Crippen LogP contribution in [-0.2, 0) is 12.8 Å². The molecule has 1 unspecified atom stereocenters. The fraction of sp³-hybridized carbons (Fsp3) is 0.312. The molecule has 0 amide bonds. The Bertz CT molecular complexity index is 499. The molecule has 1 N–H and O–H groups in total. The summed E-state index contributed by atoms with van der Waals surface area (Å²) in [6.07, 6.45) is 5.36. The van der Waals surface area contributed by atoms with Gasteiger partial charge in [0, 0.05) is 18.4 Å². The molecular formula is C16H19FN2. The first-order valence-corrected chi connectivity index (χ1v) is 6.64. The van der Waals surface area contributed by atoms with Gasteiger partial charge in [0.05, 0.1) is 0 Å². The molecule has 1 atom stereocenters. The third kappa shape index (κ3) is 4.45. The molecule has 2 aromatic rings. The highest BCUT2D eigenvalue weighted by atomic mass is 19.1. The van der Waals surface area contributed by atoms with Gasteiger partial charge in [-0.05, 0) is 54.8 Å². The fourth-order valence-electron chi connectivity index (χ4n) is 2.26. The number of hydrogen-bond acceptors (Lipinski definition) is 2. The van der Waals surface area contributed by atoms with Gasteiger partial charge in [0.2, 0.25) is 0 Å². The van der Waals surface area contributed by atoms with Crippen LogP contribution in [0.15, 0.2) is 48.8 Å². The van der Waals surface area contributed by atoms with Crippen LogP contribution in [0.2, 0.25) is 0 Å². The number of nitrogens with zero attached hydrogens (tertiary/aromatic N) is 1. The lowest BCUT2D eigenvalue weighted by atomic mass is 9.99. The van der Waals surface area contributed by atoms with Crippen LogP contribution < -0.4 is 5.32 Å². The van der Waals surface area contributed by atoms with E-state index in [1.54, 1.807) is 24.5 Å². The number of hydrogen-bond donors (Lipinski definition) is 1. The average Bonchev–Trinajstić information content (AvgIpc) is 2.40. The summed E-state index contributed by atoms with van der Waals surface area (Å²) >= 11 is 0. The van der Waals surface area contributed by atoms with Crippen LogP contribution in [0.3, 0.4) is 0 Å². The number of aromatic nitrogens is 1. The minimum atomic E-state index is -0.170. The third-order valence-electron chi connectivity index (χ3n) is 3.10. The number of likely N-dealkylation sites (N-methyl/N-ethyl adjacent to an activating group) is 1. The van der Waals surface area contributed by atoms with Gasteiger partial charge >= 0.3 is 0 Å². The largest absolute Gasteiger partial charge is 0.314 e. The molecule has 0 aliphatic heterocycles. The molecule has 1 aromatic heterocycles. The monoisotopic (exact) mass is 258 g/mol. The Labute approximate surface area is 113 Å². The molecule has 19 heavy (non-hydrogen) atoms. The molecule has 2 rings (SSSR count). The summed E-state index contributed by atoms with van der Waals surface area (Å²) in [5, 5.41) is 3.46. The van der Waals surface area contributed by atoms with Gasteiger partial charge in [-0.25, -0.2) is 4.39 Å². The lowest BCUT2D eigenvalue weighted by molar-refractivity contribution is 0.519. The SMILES string of the molecule is CCNC(Cc1ccncc1)Cc1cccc(F)c1. The van der Waals surface area contributed by atoms with E-state index in [4.69, 9.17) is 0 Å². The quantitative estimate of drug-likeness (QED) is 0.861. The van der Waals surface area contributed by atoms with Gasteiger partial charge in [-0.2, -0.15) is 0 Å². The zero-order chi connectivity index (χ0) is 13.5. The molecule has 0 spiro atoms. The summed E-state index contributed by atoms with van der Waals surface area (Å²) in [5.41, 5.74) is 2.28. The molecule has 1 aromatic carbocycles. The maximum Gasteiger partial charge on any atom is 0.123 e. The van der Waals surface area contributed by atoms with Crippen molar-refractivity contribution >= 4 is 0 Å². The van der Waals surface area contributed by atoms with Gasteiger partial charge in [-0.15, -0.1) is 0 Å². The molecule has 3 heteroatoms. The van der Waals surface area contributed by atoms with E-state index in [2.05, 4.69) is 17.2 Å². The van der Waals surface area contributed by atoms with Crippen LogP contribution in [-0.4, -0.2) is 17.6 Å². The minimum Gasteiger partial charge on any atom is -0.314 e. The molecular weight excluding hydrogens is 239 g/mol. The normalized spacial score (nSPS) is 12.3. The van der Waals surface area contributed by atoms with Crippen molar-refractivity contribution in [2.75, 3.05) is 6.54 Å². The lowest BCUT2D eigenvalue weighted by Crippen LogP contribution is -2.33. The molecule has 100 valence electrons. The van der Waals surface area contributed by atoms with Crippen molar-refractivity contribution in [2.24, 2.45) is 0 Å². The standard InChI is InChI=1S/C16H19FN2/c1-2-19-16(11-13-6-8-18-9-7-13)12-14-4-3-5-15(17)10-14/h3-10,16,19H,2,11-12H2,1H3.